The van der Waals surface area contributed by atoms with Gasteiger partial charge >= 0.3 is 0 Å². The van der Waals surface area contributed by atoms with Crippen molar-refractivity contribution in [2.24, 2.45) is 0 Å². The van der Waals surface area contributed by atoms with Gasteiger partial charge in [-0.25, -0.2) is 0 Å². The van der Waals surface area contributed by atoms with Crippen LogP contribution in [0.15, 0.2) is 24.3 Å². The van der Waals surface area contributed by atoms with E-state index in [-0.39, 0.29) is 5.78 Å². The second kappa shape index (κ2) is 8.23. The van der Waals surface area contributed by atoms with Crippen LogP contribution in [0.3, 0.4) is 0 Å². The molecule has 1 atom stereocenters. The van der Waals surface area contributed by atoms with Gasteiger partial charge in [0.25, 0.3) is 0 Å². The number of benzene rings is 1. The van der Waals surface area contributed by atoms with Gasteiger partial charge in [-0.3, -0.25) is 9.69 Å². The number of hydrogen-bond donors (Lipinski definition) is 0. The van der Waals surface area contributed by atoms with Gasteiger partial charge in [0.2, 0.25) is 0 Å². The lowest BCUT2D eigenvalue weighted by Gasteiger charge is -2.25. The Hall–Kier alpha value is -1.00. The number of carbonyl (C=O) groups excluding carboxylic acids is 1. The van der Waals surface area contributed by atoms with Crippen molar-refractivity contribution in [3.8, 4) is 5.75 Å². The van der Waals surface area contributed by atoms with E-state index < -0.39 is 0 Å². The minimum Gasteiger partial charge on any atom is -0.497 e. The third-order valence-electron chi connectivity index (χ3n) is 3.24. The van der Waals surface area contributed by atoms with Crippen molar-refractivity contribution < 1.29 is 9.53 Å². The van der Waals surface area contributed by atoms with Gasteiger partial charge in [-0.05, 0) is 31.9 Å². The number of carbonyl (C=O) groups is 1. The van der Waals surface area contributed by atoms with Crippen LogP contribution in [0.25, 0.3) is 0 Å². The van der Waals surface area contributed by atoms with Crippen molar-refractivity contribution in [1.29, 1.82) is 0 Å². The maximum Gasteiger partial charge on any atom is 0.176 e. The summed E-state index contributed by atoms with van der Waals surface area (Å²) < 4.78 is 5.15. The van der Waals surface area contributed by atoms with Gasteiger partial charge in [0.05, 0.1) is 13.7 Å². The second-order valence-corrected chi connectivity index (χ2v) is 5.50. The number of thioether (sulfide) groups is 1. The van der Waals surface area contributed by atoms with Crippen LogP contribution in [0.4, 0.5) is 0 Å². The van der Waals surface area contributed by atoms with E-state index in [1.54, 1.807) is 13.2 Å². The first kappa shape index (κ1) is 16.1. The topological polar surface area (TPSA) is 29.5 Å². The molecule has 0 heterocycles. The number of hydrogen-bond acceptors (Lipinski definition) is 4. The van der Waals surface area contributed by atoms with Crippen LogP contribution >= 0.6 is 11.8 Å². The molecular weight excluding hydrogens is 258 g/mol. The highest BCUT2D eigenvalue weighted by Crippen LogP contribution is 2.14. The Morgan fingerprint density at radius 1 is 1.47 bits per heavy atom. The Labute approximate surface area is 120 Å². The maximum absolute atomic E-state index is 12.2. The molecule has 0 aliphatic heterocycles. The fraction of sp³-hybridized carbons (Fsp3) is 0.533. The summed E-state index contributed by atoms with van der Waals surface area (Å²) in [5.41, 5.74) is 0.713. The number of nitrogens with zero attached hydrogens (tertiary/aromatic N) is 1. The summed E-state index contributed by atoms with van der Waals surface area (Å²) in [6.45, 7) is 2.61. The van der Waals surface area contributed by atoms with Crippen LogP contribution in [0, 0.1) is 0 Å². The van der Waals surface area contributed by atoms with E-state index in [9.17, 15) is 4.79 Å². The lowest BCUT2D eigenvalue weighted by Crippen LogP contribution is -2.37. The van der Waals surface area contributed by atoms with E-state index in [0.717, 1.165) is 17.9 Å². The summed E-state index contributed by atoms with van der Waals surface area (Å²) >= 11 is 1.82. The molecule has 0 aliphatic rings. The molecule has 1 aromatic carbocycles. The highest BCUT2D eigenvalue weighted by molar-refractivity contribution is 7.98. The third-order valence-corrected chi connectivity index (χ3v) is 3.96. The molecule has 0 fully saturated rings. The molecule has 0 radical (unpaired) electrons. The Kier molecular flexibility index (Phi) is 6.95. The molecule has 0 amide bonds. The van der Waals surface area contributed by atoms with Gasteiger partial charge in [0.1, 0.15) is 5.75 Å². The molecule has 1 unspecified atom stereocenters. The van der Waals surface area contributed by atoms with Gasteiger partial charge in [-0.1, -0.05) is 19.1 Å². The summed E-state index contributed by atoms with van der Waals surface area (Å²) in [5.74, 6) is 1.92. The van der Waals surface area contributed by atoms with E-state index >= 15 is 0 Å². The number of ether oxygens (including phenoxy) is 1. The molecule has 4 heteroatoms. The van der Waals surface area contributed by atoms with Crippen LogP contribution in [0.2, 0.25) is 0 Å². The molecule has 106 valence electrons. The molecule has 0 N–H and O–H groups in total. The van der Waals surface area contributed by atoms with Gasteiger partial charge < -0.3 is 4.74 Å². The molecule has 0 aromatic heterocycles. The largest absolute Gasteiger partial charge is 0.497 e. The van der Waals surface area contributed by atoms with Crippen molar-refractivity contribution >= 4 is 17.5 Å². The molecule has 1 rings (SSSR count). The SMILES string of the molecule is CCC(CSC)N(C)CC(=O)c1cccc(OC)c1. The monoisotopic (exact) mass is 281 g/mol. The standard InChI is InChI=1S/C15H23NO2S/c1-5-13(11-19-4)16(2)10-15(17)12-7-6-8-14(9-12)18-3/h6-9,13H,5,10-11H2,1-4H3. The zero-order chi connectivity index (χ0) is 14.3. The molecular formula is C15H23NO2S. The number of ketones is 1. The quantitative estimate of drug-likeness (QED) is 0.685. The molecule has 0 aliphatic carbocycles. The van der Waals surface area contributed by atoms with Crippen LogP contribution in [-0.4, -0.2) is 49.4 Å². The number of likely N-dealkylation sites (N-methyl/N-ethyl adjacent to an activating group) is 1. The van der Waals surface area contributed by atoms with Gasteiger partial charge in [0, 0.05) is 17.4 Å². The van der Waals surface area contributed by atoms with Crippen LogP contribution in [0.1, 0.15) is 23.7 Å². The van der Waals surface area contributed by atoms with Crippen molar-refractivity contribution in [3.63, 3.8) is 0 Å². The lowest BCUT2D eigenvalue weighted by atomic mass is 10.1. The minimum absolute atomic E-state index is 0.140. The van der Waals surface area contributed by atoms with E-state index in [1.807, 2.05) is 37.0 Å². The molecule has 19 heavy (non-hydrogen) atoms. The van der Waals surface area contributed by atoms with Gasteiger partial charge in [-0.2, -0.15) is 11.8 Å². The van der Waals surface area contributed by atoms with E-state index in [4.69, 9.17) is 4.74 Å². The Morgan fingerprint density at radius 2 is 2.21 bits per heavy atom. The summed E-state index contributed by atoms with van der Waals surface area (Å²) in [6.07, 6.45) is 3.16. The van der Waals surface area contributed by atoms with Gasteiger partial charge in [-0.15, -0.1) is 0 Å². The molecule has 3 nitrogen and oxygen atoms in total. The van der Waals surface area contributed by atoms with Crippen molar-refractivity contribution in [3.05, 3.63) is 29.8 Å². The Bertz CT molecular complexity index is 409. The zero-order valence-electron chi connectivity index (χ0n) is 12.2. The van der Waals surface area contributed by atoms with Gasteiger partial charge in [0.15, 0.2) is 5.78 Å². The van der Waals surface area contributed by atoms with E-state index in [0.29, 0.717) is 18.2 Å². The molecule has 0 bridgehead atoms. The average Bonchev–Trinajstić information content (AvgIpc) is 2.44. The summed E-state index contributed by atoms with van der Waals surface area (Å²) in [5, 5.41) is 0. The first-order valence-corrected chi connectivity index (χ1v) is 7.88. The summed E-state index contributed by atoms with van der Waals surface area (Å²) in [7, 11) is 3.63. The van der Waals surface area contributed by atoms with Crippen molar-refractivity contribution in [1.82, 2.24) is 4.90 Å². The first-order chi connectivity index (χ1) is 9.12. The fourth-order valence-electron chi connectivity index (χ4n) is 1.99. The summed E-state index contributed by atoms with van der Waals surface area (Å²) in [6, 6.07) is 7.79. The molecule has 0 saturated carbocycles. The fourth-order valence-corrected chi connectivity index (χ4v) is 2.87. The van der Waals surface area contributed by atoms with E-state index in [1.165, 1.54) is 0 Å². The minimum atomic E-state index is 0.140. The average molecular weight is 281 g/mol. The highest BCUT2D eigenvalue weighted by atomic mass is 32.2. The third kappa shape index (κ3) is 4.88. The lowest BCUT2D eigenvalue weighted by molar-refractivity contribution is 0.0924. The number of methoxy groups -OCH3 is 1. The second-order valence-electron chi connectivity index (χ2n) is 4.59. The van der Waals surface area contributed by atoms with Crippen LogP contribution in [0.5, 0.6) is 5.75 Å². The first-order valence-electron chi connectivity index (χ1n) is 6.48. The predicted octanol–water partition coefficient (Wildman–Crippen LogP) is 2.95. The molecule has 0 spiro atoms. The number of Topliss-reactive ketones (excluding diaryl/α,β-unsaturated/α-hetero) is 1. The normalized spacial score (nSPS) is 12.5. The Balaban J connectivity index is 2.67. The van der Waals surface area contributed by atoms with Crippen molar-refractivity contribution in [2.75, 3.05) is 32.7 Å². The van der Waals surface area contributed by atoms with Crippen LogP contribution < -0.4 is 4.74 Å². The van der Waals surface area contributed by atoms with Crippen LogP contribution in [-0.2, 0) is 0 Å². The highest BCUT2D eigenvalue weighted by Gasteiger charge is 2.16. The number of rotatable bonds is 8. The smallest absolute Gasteiger partial charge is 0.176 e. The van der Waals surface area contributed by atoms with E-state index in [2.05, 4.69) is 18.1 Å². The Morgan fingerprint density at radius 3 is 2.79 bits per heavy atom. The summed E-state index contributed by atoms with van der Waals surface area (Å²) in [4.78, 5) is 14.4. The van der Waals surface area contributed by atoms with Crippen molar-refractivity contribution in [2.45, 2.75) is 19.4 Å². The predicted molar refractivity (Wildman–Crippen MR) is 82.4 cm³/mol. The molecule has 1 aromatic rings. The maximum atomic E-state index is 12.2. The molecule has 0 saturated heterocycles. The zero-order valence-corrected chi connectivity index (χ0v) is 13.0.